The molecule has 1 aromatic rings. The second-order valence-electron chi connectivity index (χ2n) is 3.59. The zero-order valence-electron chi connectivity index (χ0n) is 8.47. The zero-order chi connectivity index (χ0) is 11.8. The molecule has 0 radical (unpaired) electrons. The highest BCUT2D eigenvalue weighted by molar-refractivity contribution is 6.00. The summed E-state index contributed by atoms with van der Waals surface area (Å²) in [7, 11) is 0. The summed E-state index contributed by atoms with van der Waals surface area (Å²) >= 11 is 0. The molecular weight excluding hydrogens is 208 g/mol. The maximum absolute atomic E-state index is 11.4. The molecule has 16 heavy (non-hydrogen) atoms. The van der Waals surface area contributed by atoms with E-state index in [0.29, 0.717) is 11.1 Å². The van der Waals surface area contributed by atoms with Crippen LogP contribution in [-0.2, 0) is 19.9 Å². The highest BCUT2D eigenvalue weighted by atomic mass is 16.6. The van der Waals surface area contributed by atoms with Crippen molar-refractivity contribution >= 4 is 18.0 Å². The lowest BCUT2D eigenvalue weighted by atomic mass is 9.88. The van der Waals surface area contributed by atoms with Gasteiger partial charge in [-0.05, 0) is 5.56 Å². The van der Waals surface area contributed by atoms with Crippen molar-refractivity contribution in [2.45, 2.75) is 12.0 Å². The zero-order valence-corrected chi connectivity index (χ0v) is 8.47. The van der Waals surface area contributed by atoms with Gasteiger partial charge >= 0.3 is 11.9 Å². The van der Waals surface area contributed by atoms with E-state index in [9.17, 15) is 14.7 Å². The van der Waals surface area contributed by atoms with Crippen LogP contribution in [-0.4, -0.2) is 17.0 Å². The molecule has 2 rings (SSSR count). The molecule has 1 aliphatic heterocycles. The van der Waals surface area contributed by atoms with Crippen LogP contribution in [0.1, 0.15) is 17.5 Å². The van der Waals surface area contributed by atoms with Gasteiger partial charge in [-0.2, -0.15) is 0 Å². The third-order valence-corrected chi connectivity index (χ3v) is 2.57. The van der Waals surface area contributed by atoms with Crippen LogP contribution in [0.15, 0.2) is 30.8 Å². The molecule has 0 bridgehead atoms. The smallest absolute Gasteiger partial charge is 0.351 e. The fourth-order valence-electron chi connectivity index (χ4n) is 1.76. The predicted molar refractivity (Wildman–Crippen MR) is 56.1 cm³/mol. The number of hydrogen-bond acceptors (Lipinski definition) is 4. The Morgan fingerprint density at radius 2 is 2.06 bits per heavy atom. The molecular formula is C12H10O4. The average Bonchev–Trinajstić information content (AvgIpc) is 2.53. The Morgan fingerprint density at radius 1 is 1.38 bits per heavy atom. The van der Waals surface area contributed by atoms with Crippen LogP contribution in [0.25, 0.3) is 6.08 Å². The van der Waals surface area contributed by atoms with E-state index in [-0.39, 0.29) is 6.42 Å². The molecule has 0 aromatic heterocycles. The van der Waals surface area contributed by atoms with Crippen LogP contribution in [0.3, 0.4) is 0 Å². The minimum atomic E-state index is -1.87. The Labute approximate surface area is 92.2 Å². The molecule has 1 atom stereocenters. The van der Waals surface area contributed by atoms with E-state index in [0.717, 1.165) is 0 Å². The second kappa shape index (κ2) is 3.57. The van der Waals surface area contributed by atoms with Crippen LogP contribution in [0.4, 0.5) is 0 Å². The standard InChI is InChI=1S/C12H10O4/c1-2-8-5-3-4-6-9(8)12(15)7-10(13)16-11(12)14/h2-6,15H,1,7H2. The number of esters is 2. The molecule has 0 saturated carbocycles. The van der Waals surface area contributed by atoms with Gasteiger partial charge in [-0.1, -0.05) is 36.9 Å². The predicted octanol–water partition coefficient (Wildman–Crippen LogP) is 0.991. The SMILES string of the molecule is C=Cc1ccccc1C1(O)CC(=O)OC1=O. The van der Waals surface area contributed by atoms with Gasteiger partial charge in [-0.25, -0.2) is 4.79 Å². The Kier molecular flexibility index (Phi) is 2.36. The van der Waals surface area contributed by atoms with Crippen molar-refractivity contribution in [1.29, 1.82) is 0 Å². The number of aliphatic hydroxyl groups is 1. The Morgan fingerprint density at radius 3 is 2.62 bits per heavy atom. The van der Waals surface area contributed by atoms with Gasteiger partial charge in [0.15, 0.2) is 5.60 Å². The minimum absolute atomic E-state index is 0.348. The molecule has 1 fully saturated rings. The number of rotatable bonds is 2. The molecule has 4 nitrogen and oxygen atoms in total. The number of hydrogen-bond donors (Lipinski definition) is 1. The van der Waals surface area contributed by atoms with E-state index in [1.807, 2.05) is 0 Å². The number of ether oxygens (including phenoxy) is 1. The van der Waals surface area contributed by atoms with E-state index >= 15 is 0 Å². The lowest BCUT2D eigenvalue weighted by Crippen LogP contribution is -2.31. The first-order valence-corrected chi connectivity index (χ1v) is 4.77. The van der Waals surface area contributed by atoms with Gasteiger partial charge < -0.3 is 9.84 Å². The quantitative estimate of drug-likeness (QED) is 0.594. The highest BCUT2D eigenvalue weighted by Crippen LogP contribution is 2.34. The van der Waals surface area contributed by atoms with Crippen LogP contribution < -0.4 is 0 Å². The molecule has 1 heterocycles. The van der Waals surface area contributed by atoms with E-state index in [4.69, 9.17) is 0 Å². The molecule has 0 aliphatic carbocycles. The third kappa shape index (κ3) is 1.44. The Balaban J connectivity index is 2.55. The largest absolute Gasteiger partial charge is 0.391 e. The molecule has 0 amide bonds. The Hall–Kier alpha value is -1.94. The number of carbonyl (C=O) groups excluding carboxylic acids is 2. The summed E-state index contributed by atoms with van der Waals surface area (Å²) in [5.74, 6) is -1.64. The van der Waals surface area contributed by atoms with Crippen molar-refractivity contribution in [3.63, 3.8) is 0 Å². The van der Waals surface area contributed by atoms with Crippen molar-refractivity contribution in [3.8, 4) is 0 Å². The van der Waals surface area contributed by atoms with Gasteiger partial charge in [0.1, 0.15) is 0 Å². The molecule has 1 saturated heterocycles. The lowest BCUT2D eigenvalue weighted by molar-refractivity contribution is -0.159. The van der Waals surface area contributed by atoms with Gasteiger partial charge in [0.05, 0.1) is 6.42 Å². The lowest BCUT2D eigenvalue weighted by Gasteiger charge is -2.19. The summed E-state index contributed by atoms with van der Waals surface area (Å²) in [5.41, 5.74) is -0.917. The summed E-state index contributed by atoms with van der Waals surface area (Å²) in [6.07, 6.45) is 1.17. The van der Waals surface area contributed by atoms with Crippen LogP contribution in [0.2, 0.25) is 0 Å². The highest BCUT2D eigenvalue weighted by Gasteiger charge is 2.50. The van der Waals surface area contributed by atoms with Gasteiger partial charge in [-0.3, -0.25) is 4.79 Å². The first-order valence-electron chi connectivity index (χ1n) is 4.77. The minimum Gasteiger partial charge on any atom is -0.391 e. The van der Waals surface area contributed by atoms with Crippen molar-refractivity contribution in [2.75, 3.05) is 0 Å². The molecule has 1 N–H and O–H groups in total. The van der Waals surface area contributed by atoms with E-state index in [2.05, 4.69) is 11.3 Å². The fraction of sp³-hybridized carbons (Fsp3) is 0.167. The van der Waals surface area contributed by atoms with Crippen molar-refractivity contribution in [2.24, 2.45) is 0 Å². The topological polar surface area (TPSA) is 63.6 Å². The second-order valence-corrected chi connectivity index (χ2v) is 3.59. The summed E-state index contributed by atoms with van der Waals surface area (Å²) in [4.78, 5) is 22.5. The van der Waals surface area contributed by atoms with Crippen molar-refractivity contribution < 1.29 is 19.4 Å². The van der Waals surface area contributed by atoms with E-state index in [1.165, 1.54) is 6.08 Å². The summed E-state index contributed by atoms with van der Waals surface area (Å²) < 4.78 is 4.37. The first kappa shape index (κ1) is 10.6. The number of cyclic esters (lactones) is 2. The summed E-state index contributed by atoms with van der Waals surface area (Å²) in [6.45, 7) is 3.59. The molecule has 4 heteroatoms. The molecule has 1 unspecified atom stereocenters. The van der Waals surface area contributed by atoms with Crippen LogP contribution in [0.5, 0.6) is 0 Å². The maximum atomic E-state index is 11.4. The molecule has 1 aromatic carbocycles. The summed E-state index contributed by atoms with van der Waals surface area (Å²) in [5, 5.41) is 10.2. The maximum Gasteiger partial charge on any atom is 0.351 e. The number of benzene rings is 1. The Bertz CT molecular complexity index is 478. The van der Waals surface area contributed by atoms with Crippen molar-refractivity contribution in [3.05, 3.63) is 42.0 Å². The fourth-order valence-corrected chi connectivity index (χ4v) is 1.76. The van der Waals surface area contributed by atoms with Crippen LogP contribution >= 0.6 is 0 Å². The number of carbonyl (C=O) groups is 2. The average molecular weight is 218 g/mol. The first-order chi connectivity index (χ1) is 7.58. The normalized spacial score (nSPS) is 24.3. The van der Waals surface area contributed by atoms with Gasteiger partial charge in [-0.15, -0.1) is 0 Å². The van der Waals surface area contributed by atoms with Gasteiger partial charge in [0.2, 0.25) is 0 Å². The van der Waals surface area contributed by atoms with E-state index < -0.39 is 17.5 Å². The van der Waals surface area contributed by atoms with Gasteiger partial charge in [0, 0.05) is 5.56 Å². The van der Waals surface area contributed by atoms with Crippen LogP contribution in [0, 0.1) is 0 Å². The van der Waals surface area contributed by atoms with Crippen molar-refractivity contribution in [1.82, 2.24) is 0 Å². The molecule has 0 spiro atoms. The third-order valence-electron chi connectivity index (χ3n) is 2.57. The summed E-state index contributed by atoms with van der Waals surface area (Å²) in [6, 6.07) is 6.72. The van der Waals surface area contributed by atoms with Gasteiger partial charge in [0.25, 0.3) is 0 Å². The molecule has 1 aliphatic rings. The van der Waals surface area contributed by atoms with E-state index in [1.54, 1.807) is 24.3 Å². The molecule has 82 valence electrons. The monoisotopic (exact) mass is 218 g/mol.